The van der Waals surface area contributed by atoms with E-state index in [0.717, 1.165) is 0 Å². The van der Waals surface area contributed by atoms with Gasteiger partial charge < -0.3 is 25.3 Å². The summed E-state index contributed by atoms with van der Waals surface area (Å²) in [5.74, 6) is -2.48. The van der Waals surface area contributed by atoms with Gasteiger partial charge in [0.15, 0.2) is 6.61 Å². The van der Waals surface area contributed by atoms with Crippen molar-refractivity contribution in [1.29, 1.82) is 0 Å². The van der Waals surface area contributed by atoms with E-state index in [1.807, 2.05) is 0 Å². The summed E-state index contributed by atoms with van der Waals surface area (Å²) in [6, 6.07) is 13.4. The van der Waals surface area contributed by atoms with Crippen molar-refractivity contribution in [3.8, 4) is 5.75 Å². The predicted octanol–water partition coefficient (Wildman–Crippen LogP) is 1.79. The number of methoxy groups -OCH3 is 2. The summed E-state index contributed by atoms with van der Waals surface area (Å²) in [5.41, 5.74) is 7.27. The average molecular weight is 386 g/mol. The molecule has 2 aromatic rings. The van der Waals surface area contributed by atoms with Gasteiger partial charge >= 0.3 is 11.9 Å². The van der Waals surface area contributed by atoms with E-state index in [4.69, 9.17) is 15.2 Å². The topological polar surface area (TPSA) is 117 Å². The largest absolute Gasteiger partial charge is 0.482 e. The van der Waals surface area contributed by atoms with E-state index < -0.39 is 23.8 Å². The van der Waals surface area contributed by atoms with Gasteiger partial charge in [-0.25, -0.2) is 4.79 Å². The van der Waals surface area contributed by atoms with Crippen molar-refractivity contribution in [1.82, 2.24) is 0 Å². The van der Waals surface area contributed by atoms with E-state index in [-0.39, 0.29) is 13.0 Å². The zero-order valence-corrected chi connectivity index (χ0v) is 15.6. The van der Waals surface area contributed by atoms with Crippen molar-refractivity contribution in [3.63, 3.8) is 0 Å². The molecule has 0 saturated carbocycles. The van der Waals surface area contributed by atoms with Gasteiger partial charge in [-0.3, -0.25) is 9.59 Å². The quantitative estimate of drug-likeness (QED) is 0.403. The molecule has 2 rings (SSSR count). The van der Waals surface area contributed by atoms with Crippen LogP contribution in [0.5, 0.6) is 5.75 Å². The number of amides is 1. The molecule has 0 saturated heterocycles. The molecule has 0 fully saturated rings. The van der Waals surface area contributed by atoms with E-state index in [0.29, 0.717) is 22.7 Å². The number of esters is 2. The first-order valence-corrected chi connectivity index (χ1v) is 8.46. The summed E-state index contributed by atoms with van der Waals surface area (Å²) in [7, 11) is 2.47. The average Bonchev–Trinajstić information content (AvgIpc) is 2.71. The zero-order valence-electron chi connectivity index (χ0n) is 15.6. The Bertz CT molecular complexity index is 835. The van der Waals surface area contributed by atoms with Crippen LogP contribution in [0.3, 0.4) is 0 Å². The molecule has 1 atom stereocenters. The van der Waals surface area contributed by atoms with Crippen LogP contribution in [0.2, 0.25) is 0 Å². The Morgan fingerprint density at radius 2 is 1.68 bits per heavy atom. The van der Waals surface area contributed by atoms with Crippen LogP contribution in [-0.4, -0.2) is 38.7 Å². The molecule has 0 spiro atoms. The number of carbonyl (C=O) groups excluding carboxylic acids is 3. The van der Waals surface area contributed by atoms with Gasteiger partial charge in [0.1, 0.15) is 11.7 Å². The van der Waals surface area contributed by atoms with E-state index in [1.165, 1.54) is 14.2 Å². The van der Waals surface area contributed by atoms with Gasteiger partial charge in [0, 0.05) is 11.4 Å². The highest BCUT2D eigenvalue weighted by atomic mass is 16.6. The van der Waals surface area contributed by atoms with Crippen LogP contribution < -0.4 is 15.8 Å². The van der Waals surface area contributed by atoms with Gasteiger partial charge in [-0.2, -0.15) is 0 Å². The summed E-state index contributed by atoms with van der Waals surface area (Å²) in [6.45, 7) is -0.284. The Kier molecular flexibility index (Phi) is 7.38. The van der Waals surface area contributed by atoms with Crippen LogP contribution in [0.1, 0.15) is 5.56 Å². The first kappa shape index (κ1) is 20.8. The van der Waals surface area contributed by atoms with Gasteiger partial charge in [-0.05, 0) is 42.3 Å². The standard InChI is InChI=1S/C20H22N2O6/c1-26-18(23)12-28-17-6-4-3-5-13(17)11-16(20(25)27-2)19(24)22-15-9-7-14(21)8-10-15/h3-10,16H,11-12,21H2,1-2H3,(H,22,24). The Morgan fingerprint density at radius 3 is 2.32 bits per heavy atom. The second-order valence-electron chi connectivity index (χ2n) is 5.86. The number of hydrogen-bond donors (Lipinski definition) is 2. The third-order valence-electron chi connectivity index (χ3n) is 3.95. The molecule has 0 aliphatic heterocycles. The highest BCUT2D eigenvalue weighted by Gasteiger charge is 2.29. The van der Waals surface area contributed by atoms with Crippen molar-refractivity contribution in [2.45, 2.75) is 6.42 Å². The molecule has 28 heavy (non-hydrogen) atoms. The van der Waals surface area contributed by atoms with Crippen LogP contribution in [0.4, 0.5) is 11.4 Å². The van der Waals surface area contributed by atoms with Crippen molar-refractivity contribution < 1.29 is 28.6 Å². The molecule has 2 aromatic carbocycles. The lowest BCUT2D eigenvalue weighted by molar-refractivity contribution is -0.149. The molecule has 1 unspecified atom stereocenters. The van der Waals surface area contributed by atoms with Gasteiger partial charge in [-0.15, -0.1) is 0 Å². The van der Waals surface area contributed by atoms with Gasteiger partial charge in [0.25, 0.3) is 0 Å². The first-order chi connectivity index (χ1) is 13.4. The number of hydrogen-bond acceptors (Lipinski definition) is 7. The molecule has 148 valence electrons. The Labute approximate surface area is 162 Å². The maximum atomic E-state index is 12.7. The van der Waals surface area contributed by atoms with Crippen LogP contribution in [0.25, 0.3) is 0 Å². The van der Waals surface area contributed by atoms with Gasteiger partial charge in [0.2, 0.25) is 5.91 Å². The fourth-order valence-electron chi connectivity index (χ4n) is 2.45. The minimum absolute atomic E-state index is 0.0326. The maximum absolute atomic E-state index is 12.7. The Balaban J connectivity index is 2.18. The molecular weight excluding hydrogens is 364 g/mol. The van der Waals surface area contributed by atoms with Gasteiger partial charge in [0.05, 0.1) is 14.2 Å². The molecule has 8 nitrogen and oxygen atoms in total. The van der Waals surface area contributed by atoms with Crippen molar-refractivity contribution >= 4 is 29.2 Å². The number of nitrogens with one attached hydrogen (secondary N) is 1. The zero-order chi connectivity index (χ0) is 20.5. The lowest BCUT2D eigenvalue weighted by Gasteiger charge is -2.17. The molecule has 1 amide bonds. The predicted molar refractivity (Wildman–Crippen MR) is 103 cm³/mol. The summed E-state index contributed by atoms with van der Waals surface area (Å²) in [6.07, 6.45) is 0.0326. The Hall–Kier alpha value is -3.55. The summed E-state index contributed by atoms with van der Waals surface area (Å²) < 4.78 is 14.8. The number of para-hydroxylation sites is 1. The first-order valence-electron chi connectivity index (χ1n) is 8.46. The molecule has 0 aromatic heterocycles. The van der Waals surface area contributed by atoms with E-state index in [9.17, 15) is 14.4 Å². The molecule has 8 heteroatoms. The number of nitrogens with two attached hydrogens (primary N) is 1. The van der Waals surface area contributed by atoms with Crippen LogP contribution in [0.15, 0.2) is 48.5 Å². The third-order valence-corrected chi connectivity index (χ3v) is 3.95. The molecule has 0 heterocycles. The third kappa shape index (κ3) is 5.73. The van der Waals surface area contributed by atoms with Crippen molar-refractivity contribution in [2.75, 3.05) is 31.9 Å². The molecule has 0 aliphatic rings. The monoisotopic (exact) mass is 386 g/mol. The molecule has 0 radical (unpaired) electrons. The van der Waals surface area contributed by atoms with Gasteiger partial charge in [-0.1, -0.05) is 18.2 Å². The lowest BCUT2D eigenvalue weighted by Crippen LogP contribution is -2.32. The van der Waals surface area contributed by atoms with E-state index in [2.05, 4.69) is 10.1 Å². The smallest absolute Gasteiger partial charge is 0.343 e. The number of nitrogen functional groups attached to an aromatic ring is 1. The maximum Gasteiger partial charge on any atom is 0.343 e. The van der Waals surface area contributed by atoms with Crippen molar-refractivity contribution in [3.05, 3.63) is 54.1 Å². The molecule has 0 aliphatic carbocycles. The molecule has 0 bridgehead atoms. The number of anilines is 2. The van der Waals surface area contributed by atoms with E-state index in [1.54, 1.807) is 48.5 Å². The highest BCUT2D eigenvalue weighted by Crippen LogP contribution is 2.23. The minimum Gasteiger partial charge on any atom is -0.482 e. The van der Waals surface area contributed by atoms with Crippen LogP contribution in [0, 0.1) is 5.92 Å². The lowest BCUT2D eigenvalue weighted by atomic mass is 9.97. The summed E-state index contributed by atoms with van der Waals surface area (Å²) in [5, 5.41) is 2.67. The molecular formula is C20H22N2O6. The SMILES string of the molecule is COC(=O)COc1ccccc1CC(C(=O)Nc1ccc(N)cc1)C(=O)OC. The second-order valence-corrected chi connectivity index (χ2v) is 5.86. The number of benzene rings is 2. The minimum atomic E-state index is -1.11. The van der Waals surface area contributed by atoms with Crippen LogP contribution in [-0.2, 0) is 30.3 Å². The van der Waals surface area contributed by atoms with Crippen molar-refractivity contribution in [2.24, 2.45) is 5.92 Å². The fourth-order valence-corrected chi connectivity index (χ4v) is 2.45. The Morgan fingerprint density at radius 1 is 1.00 bits per heavy atom. The number of ether oxygens (including phenoxy) is 3. The molecule has 3 N–H and O–H groups in total. The van der Waals surface area contributed by atoms with Crippen LogP contribution >= 0.6 is 0 Å². The summed E-state index contributed by atoms with van der Waals surface area (Å²) >= 11 is 0. The summed E-state index contributed by atoms with van der Waals surface area (Å²) in [4.78, 5) is 36.2. The normalized spacial score (nSPS) is 11.2. The fraction of sp³-hybridized carbons (Fsp3) is 0.250. The van der Waals surface area contributed by atoms with E-state index >= 15 is 0 Å². The number of carbonyl (C=O) groups is 3. The second kappa shape index (κ2) is 9.96. The number of rotatable bonds is 8. The highest BCUT2D eigenvalue weighted by molar-refractivity contribution is 6.05.